The summed E-state index contributed by atoms with van der Waals surface area (Å²) >= 11 is 0. The summed E-state index contributed by atoms with van der Waals surface area (Å²) in [5, 5.41) is 14.3. The van der Waals surface area contributed by atoms with Crippen molar-refractivity contribution in [2.75, 3.05) is 6.54 Å². The first-order valence-electron chi connectivity index (χ1n) is 6.80. The van der Waals surface area contributed by atoms with Crippen LogP contribution in [0.25, 0.3) is 0 Å². The molecule has 2 amide bonds. The molecule has 18 heavy (non-hydrogen) atoms. The Balaban J connectivity index is 2.01. The first kappa shape index (κ1) is 14.8. The lowest BCUT2D eigenvalue weighted by atomic mass is 10.0. The number of carboxylic acids is 1. The minimum atomic E-state index is -0.755. The number of carbonyl (C=O) groups is 2. The zero-order valence-corrected chi connectivity index (χ0v) is 11.1. The Bertz CT molecular complexity index is 286. The van der Waals surface area contributed by atoms with Crippen LogP contribution < -0.4 is 10.6 Å². The topological polar surface area (TPSA) is 78.4 Å². The van der Waals surface area contributed by atoms with Crippen molar-refractivity contribution in [3.8, 4) is 0 Å². The van der Waals surface area contributed by atoms with E-state index < -0.39 is 5.97 Å². The summed E-state index contributed by atoms with van der Waals surface area (Å²) in [4.78, 5) is 21.9. The van der Waals surface area contributed by atoms with E-state index in [9.17, 15) is 9.59 Å². The first-order chi connectivity index (χ1) is 8.52. The molecule has 1 rings (SSSR count). The largest absolute Gasteiger partial charge is 0.481 e. The highest BCUT2D eigenvalue weighted by Gasteiger charge is 2.29. The van der Waals surface area contributed by atoms with Gasteiger partial charge in [0, 0.05) is 18.5 Å². The third-order valence-corrected chi connectivity index (χ3v) is 3.48. The van der Waals surface area contributed by atoms with Crippen molar-refractivity contribution < 1.29 is 14.7 Å². The van der Waals surface area contributed by atoms with E-state index >= 15 is 0 Å². The van der Waals surface area contributed by atoms with Crippen molar-refractivity contribution in [1.29, 1.82) is 0 Å². The third kappa shape index (κ3) is 5.89. The summed E-state index contributed by atoms with van der Waals surface area (Å²) in [5.41, 5.74) is -0.0343. The predicted octanol–water partition coefficient (Wildman–Crippen LogP) is 2.26. The van der Waals surface area contributed by atoms with Crippen molar-refractivity contribution in [3.63, 3.8) is 0 Å². The van der Waals surface area contributed by atoms with Gasteiger partial charge in [-0.15, -0.1) is 0 Å². The van der Waals surface area contributed by atoms with E-state index in [1.54, 1.807) is 0 Å². The Labute approximate surface area is 108 Å². The molecule has 1 saturated carbocycles. The number of aliphatic carboxylic acids is 1. The van der Waals surface area contributed by atoms with E-state index in [4.69, 9.17) is 5.11 Å². The maximum absolute atomic E-state index is 11.6. The number of amides is 2. The zero-order valence-electron chi connectivity index (χ0n) is 11.1. The maximum Gasteiger partial charge on any atom is 0.315 e. The zero-order chi connectivity index (χ0) is 13.4. The van der Waals surface area contributed by atoms with Crippen LogP contribution in [-0.4, -0.2) is 29.2 Å². The van der Waals surface area contributed by atoms with Crippen LogP contribution >= 0.6 is 0 Å². The molecule has 1 fully saturated rings. The lowest BCUT2D eigenvalue weighted by molar-refractivity contribution is -0.137. The minimum absolute atomic E-state index is 0.0343. The number of carboxylic acid groups (broad SMARTS) is 1. The number of urea groups is 1. The Hall–Kier alpha value is -1.26. The number of hydrogen-bond acceptors (Lipinski definition) is 2. The first-order valence-corrected chi connectivity index (χ1v) is 6.80. The van der Waals surface area contributed by atoms with E-state index in [2.05, 4.69) is 17.6 Å². The molecule has 0 heterocycles. The number of unbranched alkanes of at least 4 members (excludes halogenated alkanes) is 2. The molecular weight excluding hydrogens is 232 g/mol. The van der Waals surface area contributed by atoms with E-state index in [1.165, 1.54) is 12.8 Å². The van der Waals surface area contributed by atoms with Crippen molar-refractivity contribution in [2.24, 2.45) is 0 Å². The molecule has 0 saturated heterocycles. The molecule has 5 heteroatoms. The summed E-state index contributed by atoms with van der Waals surface area (Å²) in [7, 11) is 0. The normalized spacial score (nSPS) is 17.4. The Kier molecular flexibility index (Phi) is 5.95. The van der Waals surface area contributed by atoms with Crippen LogP contribution in [0.3, 0.4) is 0 Å². The third-order valence-electron chi connectivity index (χ3n) is 3.48. The van der Waals surface area contributed by atoms with Crippen LogP contribution in [0.1, 0.15) is 58.3 Å². The molecule has 104 valence electrons. The fourth-order valence-corrected chi connectivity index (χ4v) is 2.38. The van der Waals surface area contributed by atoms with Crippen molar-refractivity contribution >= 4 is 12.0 Å². The summed E-state index contributed by atoms with van der Waals surface area (Å²) in [6.45, 7) is 2.70. The highest BCUT2D eigenvalue weighted by molar-refractivity contribution is 5.74. The molecule has 0 radical (unpaired) electrons. The molecular formula is C13H24N2O3. The van der Waals surface area contributed by atoms with Gasteiger partial charge in [-0.3, -0.25) is 4.79 Å². The summed E-state index contributed by atoms with van der Waals surface area (Å²) < 4.78 is 0. The monoisotopic (exact) mass is 256 g/mol. The number of nitrogens with one attached hydrogen (secondary N) is 2. The van der Waals surface area contributed by atoms with Gasteiger partial charge in [-0.2, -0.15) is 0 Å². The fraction of sp³-hybridized carbons (Fsp3) is 0.846. The summed E-state index contributed by atoms with van der Waals surface area (Å²) in [6, 6.07) is -0.0994. The van der Waals surface area contributed by atoms with Crippen LogP contribution in [0.5, 0.6) is 0 Å². The van der Waals surface area contributed by atoms with Gasteiger partial charge in [0.25, 0.3) is 0 Å². The van der Waals surface area contributed by atoms with E-state index in [0.29, 0.717) is 13.0 Å². The molecule has 3 N–H and O–H groups in total. The minimum Gasteiger partial charge on any atom is -0.481 e. The second-order valence-electron chi connectivity index (χ2n) is 5.35. The summed E-state index contributed by atoms with van der Waals surface area (Å²) in [5.74, 6) is -0.755. The lowest BCUT2D eigenvalue weighted by Gasteiger charge is -2.25. The number of carbonyl (C=O) groups excluding carboxylic acids is 1. The van der Waals surface area contributed by atoms with Gasteiger partial charge in [0.1, 0.15) is 0 Å². The second-order valence-corrected chi connectivity index (χ2v) is 5.35. The van der Waals surface area contributed by atoms with E-state index in [0.717, 1.165) is 25.7 Å². The van der Waals surface area contributed by atoms with Crippen LogP contribution in [-0.2, 0) is 4.79 Å². The smallest absolute Gasteiger partial charge is 0.315 e. The Morgan fingerprint density at radius 3 is 2.44 bits per heavy atom. The molecule has 0 atom stereocenters. The van der Waals surface area contributed by atoms with Gasteiger partial charge in [-0.25, -0.2) is 4.79 Å². The van der Waals surface area contributed by atoms with Crippen LogP contribution in [0.4, 0.5) is 4.79 Å². The van der Waals surface area contributed by atoms with Gasteiger partial charge < -0.3 is 15.7 Å². The van der Waals surface area contributed by atoms with Gasteiger partial charge in [-0.1, -0.05) is 19.3 Å². The van der Waals surface area contributed by atoms with Gasteiger partial charge in [-0.05, 0) is 32.6 Å². The van der Waals surface area contributed by atoms with Crippen molar-refractivity contribution in [1.82, 2.24) is 10.6 Å². The molecule has 1 aliphatic carbocycles. The molecule has 0 unspecified atom stereocenters. The highest BCUT2D eigenvalue weighted by atomic mass is 16.4. The maximum atomic E-state index is 11.6. The summed E-state index contributed by atoms with van der Waals surface area (Å²) in [6.07, 6.45) is 7.04. The van der Waals surface area contributed by atoms with Crippen molar-refractivity contribution in [2.45, 2.75) is 63.8 Å². The van der Waals surface area contributed by atoms with Gasteiger partial charge in [0.05, 0.1) is 0 Å². The van der Waals surface area contributed by atoms with E-state index in [-0.39, 0.29) is 18.0 Å². The Morgan fingerprint density at radius 2 is 1.83 bits per heavy atom. The molecule has 0 aliphatic heterocycles. The predicted molar refractivity (Wildman–Crippen MR) is 69.5 cm³/mol. The second kappa shape index (κ2) is 7.24. The molecule has 0 bridgehead atoms. The molecule has 0 aromatic carbocycles. The highest BCUT2D eigenvalue weighted by Crippen LogP contribution is 2.28. The van der Waals surface area contributed by atoms with Crippen LogP contribution in [0.15, 0.2) is 0 Å². The van der Waals surface area contributed by atoms with Crippen LogP contribution in [0, 0.1) is 0 Å². The van der Waals surface area contributed by atoms with Gasteiger partial charge in [0.2, 0.25) is 0 Å². The fourth-order valence-electron chi connectivity index (χ4n) is 2.38. The average Bonchev–Trinajstić information content (AvgIpc) is 2.69. The van der Waals surface area contributed by atoms with Gasteiger partial charge in [0.15, 0.2) is 0 Å². The molecule has 5 nitrogen and oxygen atoms in total. The number of hydrogen-bond donors (Lipinski definition) is 3. The molecule has 0 aromatic rings. The quantitative estimate of drug-likeness (QED) is 0.611. The SMILES string of the molecule is CC1(NC(=O)NCCCCCC(=O)O)CCCC1. The molecule has 1 aliphatic rings. The van der Waals surface area contributed by atoms with Crippen molar-refractivity contribution in [3.05, 3.63) is 0 Å². The standard InChI is InChI=1S/C13H24N2O3/c1-13(8-4-5-9-13)15-12(18)14-10-6-2-3-7-11(16)17/h2-10H2,1H3,(H,16,17)(H2,14,15,18). The lowest BCUT2D eigenvalue weighted by Crippen LogP contribution is -2.48. The van der Waals surface area contributed by atoms with Crippen LogP contribution in [0.2, 0.25) is 0 Å². The molecule has 0 spiro atoms. The Morgan fingerprint density at radius 1 is 1.17 bits per heavy atom. The molecule has 0 aromatic heterocycles. The van der Waals surface area contributed by atoms with E-state index in [1.807, 2.05) is 0 Å². The number of rotatable bonds is 7. The average molecular weight is 256 g/mol. The van der Waals surface area contributed by atoms with Gasteiger partial charge >= 0.3 is 12.0 Å².